The molecule has 0 aromatic carbocycles. The summed E-state index contributed by atoms with van der Waals surface area (Å²) in [5, 5.41) is 3.48. The molecule has 0 bridgehead atoms. The minimum absolute atomic E-state index is 0.126. The number of nitrogens with zero attached hydrogens (tertiary/aromatic N) is 2. The molecule has 1 aromatic rings. The van der Waals surface area contributed by atoms with Crippen LogP contribution in [-0.4, -0.2) is 67.4 Å². The molecule has 0 spiro atoms. The van der Waals surface area contributed by atoms with Crippen LogP contribution in [0.4, 0.5) is 0 Å². The number of hydrogen-bond acceptors (Lipinski definition) is 6. The molecule has 1 fully saturated rings. The fourth-order valence-corrected chi connectivity index (χ4v) is 2.58. The van der Waals surface area contributed by atoms with Gasteiger partial charge in [0.15, 0.2) is 0 Å². The molecule has 2 rings (SSSR count). The van der Waals surface area contributed by atoms with Crippen molar-refractivity contribution in [1.82, 2.24) is 20.2 Å². The van der Waals surface area contributed by atoms with E-state index in [1.807, 2.05) is 0 Å². The van der Waals surface area contributed by atoms with Crippen LogP contribution in [0.2, 0.25) is 0 Å². The summed E-state index contributed by atoms with van der Waals surface area (Å²) in [7, 11) is 1.58. The Morgan fingerprint density at radius 1 is 1.50 bits per heavy atom. The van der Waals surface area contributed by atoms with E-state index in [-0.39, 0.29) is 5.56 Å². The fourth-order valence-electron chi connectivity index (χ4n) is 2.58. The summed E-state index contributed by atoms with van der Waals surface area (Å²) in [6, 6.07) is 1.95. The van der Waals surface area contributed by atoms with Gasteiger partial charge in [0.25, 0.3) is 5.56 Å². The number of aromatic amines is 1. The summed E-state index contributed by atoms with van der Waals surface area (Å²) >= 11 is 0. The highest BCUT2D eigenvalue weighted by atomic mass is 16.5. The Morgan fingerprint density at radius 3 is 3.00 bits per heavy atom. The van der Waals surface area contributed by atoms with Crippen molar-refractivity contribution in [2.45, 2.75) is 26.0 Å². The smallest absolute Gasteiger partial charge is 0.251 e. The Hall–Kier alpha value is -1.28. The lowest BCUT2D eigenvalue weighted by molar-refractivity contribution is 0.0344. The third kappa shape index (κ3) is 5.84. The minimum atomic E-state index is -0.126. The van der Waals surface area contributed by atoms with Crippen LogP contribution in [0.3, 0.4) is 0 Å². The predicted octanol–water partition coefficient (Wildman–Crippen LogP) is -0.231. The van der Waals surface area contributed by atoms with Gasteiger partial charge in [-0.1, -0.05) is 0 Å². The van der Waals surface area contributed by atoms with Gasteiger partial charge in [0.1, 0.15) is 12.4 Å². The van der Waals surface area contributed by atoms with Gasteiger partial charge in [-0.05, 0) is 6.92 Å². The number of nitrogens with one attached hydrogen (secondary N) is 2. The number of morpholine rings is 1. The molecule has 2 N–H and O–H groups in total. The third-order valence-corrected chi connectivity index (χ3v) is 3.63. The summed E-state index contributed by atoms with van der Waals surface area (Å²) in [6.07, 6.45) is 0.730. The standard InChI is InChI=1S/C15H26N4O3/c1-12(10-19-5-7-22-8-6-19)16-4-3-13-9-15(20)18-14(17-13)11-21-2/h9,12,16H,3-8,10-11H2,1-2H3,(H,17,18,20). The second kappa shape index (κ2) is 8.99. The Bertz CT molecular complexity index is 500. The summed E-state index contributed by atoms with van der Waals surface area (Å²) in [4.78, 5) is 21.0. The maximum atomic E-state index is 11.6. The molecule has 0 radical (unpaired) electrons. The molecule has 1 aromatic heterocycles. The van der Waals surface area contributed by atoms with E-state index >= 15 is 0 Å². The van der Waals surface area contributed by atoms with Crippen molar-refractivity contribution < 1.29 is 9.47 Å². The highest BCUT2D eigenvalue weighted by Gasteiger charge is 2.13. The second-order valence-electron chi connectivity index (χ2n) is 5.63. The molecule has 0 saturated carbocycles. The minimum Gasteiger partial charge on any atom is -0.379 e. The Morgan fingerprint density at radius 2 is 2.27 bits per heavy atom. The van der Waals surface area contributed by atoms with Crippen LogP contribution >= 0.6 is 0 Å². The van der Waals surface area contributed by atoms with Crippen LogP contribution < -0.4 is 10.9 Å². The van der Waals surface area contributed by atoms with Crippen molar-refractivity contribution in [2.24, 2.45) is 0 Å². The number of aromatic nitrogens is 2. The van der Waals surface area contributed by atoms with Gasteiger partial charge >= 0.3 is 0 Å². The summed E-state index contributed by atoms with van der Waals surface area (Å²) in [6.45, 7) is 7.97. The van der Waals surface area contributed by atoms with Gasteiger partial charge in [-0.2, -0.15) is 0 Å². The Kier molecular flexibility index (Phi) is 6.98. The fraction of sp³-hybridized carbons (Fsp3) is 0.733. The zero-order valence-electron chi connectivity index (χ0n) is 13.4. The SMILES string of the molecule is COCc1nc(CCNC(C)CN2CCOCC2)cc(=O)[nH]1. The van der Waals surface area contributed by atoms with Crippen molar-refractivity contribution in [3.05, 3.63) is 27.9 Å². The van der Waals surface area contributed by atoms with Crippen molar-refractivity contribution >= 4 is 0 Å². The van der Waals surface area contributed by atoms with Crippen molar-refractivity contribution in [3.8, 4) is 0 Å². The number of H-pyrrole nitrogens is 1. The van der Waals surface area contributed by atoms with Gasteiger partial charge in [0, 0.05) is 57.5 Å². The van der Waals surface area contributed by atoms with Crippen LogP contribution in [0.5, 0.6) is 0 Å². The zero-order chi connectivity index (χ0) is 15.8. The highest BCUT2D eigenvalue weighted by molar-refractivity contribution is 5.03. The summed E-state index contributed by atoms with van der Waals surface area (Å²) in [5.41, 5.74) is 0.667. The van der Waals surface area contributed by atoms with Crippen LogP contribution in [-0.2, 0) is 22.5 Å². The monoisotopic (exact) mass is 310 g/mol. The van der Waals surface area contributed by atoms with Gasteiger partial charge in [0.2, 0.25) is 0 Å². The average Bonchev–Trinajstić information content (AvgIpc) is 2.48. The number of methoxy groups -OCH3 is 1. The van der Waals surface area contributed by atoms with E-state index in [1.54, 1.807) is 13.2 Å². The van der Waals surface area contributed by atoms with E-state index in [0.29, 0.717) is 18.5 Å². The molecule has 0 amide bonds. The molecular formula is C15H26N4O3. The quantitative estimate of drug-likeness (QED) is 0.690. The lowest BCUT2D eigenvalue weighted by Gasteiger charge is -2.29. The largest absolute Gasteiger partial charge is 0.379 e. The lowest BCUT2D eigenvalue weighted by atomic mass is 10.2. The molecule has 7 nitrogen and oxygen atoms in total. The van der Waals surface area contributed by atoms with Gasteiger partial charge < -0.3 is 19.8 Å². The van der Waals surface area contributed by atoms with E-state index in [2.05, 4.69) is 27.1 Å². The van der Waals surface area contributed by atoms with Crippen molar-refractivity contribution in [2.75, 3.05) is 46.5 Å². The number of hydrogen-bond donors (Lipinski definition) is 2. The first-order valence-corrected chi connectivity index (χ1v) is 7.79. The van der Waals surface area contributed by atoms with Gasteiger partial charge in [-0.15, -0.1) is 0 Å². The molecule has 1 unspecified atom stereocenters. The molecular weight excluding hydrogens is 284 g/mol. The van der Waals surface area contributed by atoms with Crippen LogP contribution in [0.25, 0.3) is 0 Å². The van der Waals surface area contributed by atoms with E-state index in [0.717, 1.165) is 51.5 Å². The van der Waals surface area contributed by atoms with Crippen LogP contribution in [0.1, 0.15) is 18.4 Å². The first kappa shape index (κ1) is 17.1. The normalized spacial score (nSPS) is 17.5. The highest BCUT2D eigenvalue weighted by Crippen LogP contribution is 1.99. The molecule has 22 heavy (non-hydrogen) atoms. The maximum Gasteiger partial charge on any atom is 0.251 e. The Labute approximate surface area is 131 Å². The second-order valence-corrected chi connectivity index (χ2v) is 5.63. The van der Waals surface area contributed by atoms with E-state index in [4.69, 9.17) is 9.47 Å². The van der Waals surface area contributed by atoms with Crippen molar-refractivity contribution in [1.29, 1.82) is 0 Å². The Balaban J connectivity index is 1.74. The molecule has 1 atom stereocenters. The van der Waals surface area contributed by atoms with Gasteiger partial charge in [0.05, 0.1) is 13.2 Å². The molecule has 0 aliphatic carbocycles. The topological polar surface area (TPSA) is 79.5 Å². The zero-order valence-corrected chi connectivity index (χ0v) is 13.4. The molecule has 1 aliphatic rings. The van der Waals surface area contributed by atoms with E-state index in [9.17, 15) is 4.79 Å². The van der Waals surface area contributed by atoms with E-state index in [1.165, 1.54) is 0 Å². The van der Waals surface area contributed by atoms with Gasteiger partial charge in [-0.25, -0.2) is 4.98 Å². The first-order chi connectivity index (χ1) is 10.7. The number of ether oxygens (including phenoxy) is 2. The lowest BCUT2D eigenvalue weighted by Crippen LogP contribution is -2.44. The number of rotatable bonds is 8. The van der Waals surface area contributed by atoms with Gasteiger partial charge in [-0.3, -0.25) is 9.69 Å². The summed E-state index contributed by atoms with van der Waals surface area (Å²) in [5.74, 6) is 0.575. The molecule has 2 heterocycles. The molecule has 124 valence electrons. The first-order valence-electron chi connectivity index (χ1n) is 7.79. The third-order valence-electron chi connectivity index (χ3n) is 3.63. The van der Waals surface area contributed by atoms with Crippen LogP contribution in [0, 0.1) is 0 Å². The average molecular weight is 310 g/mol. The van der Waals surface area contributed by atoms with Crippen LogP contribution in [0.15, 0.2) is 10.9 Å². The summed E-state index contributed by atoms with van der Waals surface area (Å²) < 4.78 is 10.4. The molecule has 1 saturated heterocycles. The van der Waals surface area contributed by atoms with Crippen molar-refractivity contribution in [3.63, 3.8) is 0 Å². The predicted molar refractivity (Wildman–Crippen MR) is 84.0 cm³/mol. The molecule has 7 heteroatoms. The maximum absolute atomic E-state index is 11.6. The van der Waals surface area contributed by atoms with E-state index < -0.39 is 0 Å². The molecule has 1 aliphatic heterocycles.